The lowest BCUT2D eigenvalue weighted by atomic mass is 10.0. The van der Waals surface area contributed by atoms with E-state index in [0.29, 0.717) is 10.9 Å². The van der Waals surface area contributed by atoms with Crippen molar-refractivity contribution >= 4 is 31.4 Å². The third kappa shape index (κ3) is 3.41. The van der Waals surface area contributed by atoms with Gasteiger partial charge in [0.1, 0.15) is 0 Å². The molecule has 0 bridgehead atoms. The summed E-state index contributed by atoms with van der Waals surface area (Å²) in [4.78, 5) is 7.34. The summed E-state index contributed by atoms with van der Waals surface area (Å²) in [5.74, 6) is 0. The van der Waals surface area contributed by atoms with E-state index in [-0.39, 0.29) is 0 Å². The second-order valence-corrected chi connectivity index (χ2v) is 9.90. The van der Waals surface area contributed by atoms with E-state index < -0.39 is 9.84 Å². The van der Waals surface area contributed by atoms with Gasteiger partial charge in [0.15, 0.2) is 9.84 Å². The zero-order valence-electron chi connectivity index (χ0n) is 15.0. The molecule has 0 aliphatic carbocycles. The van der Waals surface area contributed by atoms with Crippen LogP contribution in [0, 0.1) is 0 Å². The first-order valence-corrected chi connectivity index (χ1v) is 11.6. The number of fused-ring (bicyclic) bond motifs is 2. The molecule has 1 atom stereocenters. The van der Waals surface area contributed by atoms with Crippen molar-refractivity contribution in [1.82, 2.24) is 9.88 Å². The Kier molecular flexibility index (Phi) is 4.59. The van der Waals surface area contributed by atoms with Gasteiger partial charge in [0, 0.05) is 25.4 Å². The summed E-state index contributed by atoms with van der Waals surface area (Å²) in [7, 11) is -3.16. The van der Waals surface area contributed by atoms with Crippen molar-refractivity contribution in [1.29, 1.82) is 0 Å². The Bertz CT molecular complexity index is 1060. The lowest BCUT2D eigenvalue weighted by molar-refractivity contribution is 0.221. The number of sulfone groups is 1. The molecule has 136 valence electrons. The highest BCUT2D eigenvalue weighted by Crippen LogP contribution is 2.28. The molecule has 0 saturated heterocycles. The largest absolute Gasteiger partial charge is 0.296 e. The Morgan fingerprint density at radius 1 is 1.08 bits per heavy atom. The van der Waals surface area contributed by atoms with Crippen LogP contribution in [0.15, 0.2) is 46.8 Å². The molecule has 3 aromatic rings. The quantitative estimate of drug-likeness (QED) is 0.686. The Hall–Kier alpha value is -1.76. The highest BCUT2D eigenvalue weighted by Gasteiger charge is 2.21. The van der Waals surface area contributed by atoms with E-state index in [4.69, 9.17) is 0 Å². The fraction of sp³-hybridized carbons (Fsp3) is 0.350. The van der Waals surface area contributed by atoms with E-state index in [1.807, 2.05) is 17.6 Å². The number of thiazole rings is 1. The third-order valence-electron chi connectivity index (χ3n) is 5.33. The van der Waals surface area contributed by atoms with E-state index >= 15 is 0 Å². The molecule has 1 aliphatic rings. The molecule has 1 aliphatic heterocycles. The van der Waals surface area contributed by atoms with Crippen LogP contribution >= 0.6 is 11.3 Å². The number of benzene rings is 2. The fourth-order valence-corrected chi connectivity index (χ4v) is 5.01. The Balaban J connectivity index is 1.56. The summed E-state index contributed by atoms with van der Waals surface area (Å²) in [6.07, 6.45) is 3.10. The van der Waals surface area contributed by atoms with Gasteiger partial charge in [-0.3, -0.25) is 4.90 Å². The molecule has 2 heterocycles. The van der Waals surface area contributed by atoms with Crippen LogP contribution in [-0.4, -0.2) is 37.6 Å². The molecule has 0 amide bonds. The standard InChI is InChI=1S/C20H22N2O2S2/c1-14(16-4-6-20-19(12-16)21-13-25-20)22-9-7-15-3-5-18(26(2,23)24)11-17(15)8-10-22/h3-6,11-14H,7-10H2,1-2H3/t14-/m1/s1. The van der Waals surface area contributed by atoms with Gasteiger partial charge in [-0.15, -0.1) is 11.3 Å². The minimum Gasteiger partial charge on any atom is -0.296 e. The smallest absolute Gasteiger partial charge is 0.175 e. The van der Waals surface area contributed by atoms with Gasteiger partial charge in [0.05, 0.1) is 20.6 Å². The molecule has 0 radical (unpaired) electrons. The third-order valence-corrected chi connectivity index (χ3v) is 7.25. The van der Waals surface area contributed by atoms with Crippen molar-refractivity contribution in [3.05, 3.63) is 58.6 Å². The number of nitrogens with zero attached hydrogens (tertiary/aromatic N) is 2. The monoisotopic (exact) mass is 386 g/mol. The average Bonchev–Trinajstić information content (AvgIpc) is 2.98. The van der Waals surface area contributed by atoms with Crippen molar-refractivity contribution in [2.45, 2.75) is 30.7 Å². The number of hydrogen-bond acceptors (Lipinski definition) is 5. The maximum Gasteiger partial charge on any atom is 0.175 e. The summed E-state index contributed by atoms with van der Waals surface area (Å²) >= 11 is 1.67. The van der Waals surface area contributed by atoms with Crippen LogP contribution in [0.1, 0.15) is 29.7 Å². The zero-order valence-corrected chi connectivity index (χ0v) is 16.6. The van der Waals surface area contributed by atoms with E-state index in [0.717, 1.165) is 37.0 Å². The van der Waals surface area contributed by atoms with E-state index in [1.165, 1.54) is 22.1 Å². The fourth-order valence-electron chi connectivity index (χ4n) is 3.68. The van der Waals surface area contributed by atoms with Crippen LogP contribution in [0.3, 0.4) is 0 Å². The lowest BCUT2D eigenvalue weighted by Crippen LogP contribution is -2.29. The van der Waals surface area contributed by atoms with Crippen LogP contribution in [0.5, 0.6) is 0 Å². The molecule has 0 N–H and O–H groups in total. The summed E-state index contributed by atoms with van der Waals surface area (Å²) in [5, 5.41) is 0. The molecule has 0 fully saturated rings. The molecular formula is C20H22N2O2S2. The first-order valence-electron chi connectivity index (χ1n) is 8.81. The van der Waals surface area contributed by atoms with Crippen molar-refractivity contribution in [2.75, 3.05) is 19.3 Å². The SMILES string of the molecule is C[C@H](c1ccc2scnc2c1)N1CCc2ccc(S(C)(=O)=O)cc2CC1. The van der Waals surface area contributed by atoms with Crippen molar-refractivity contribution in [3.8, 4) is 0 Å². The maximum absolute atomic E-state index is 11.8. The van der Waals surface area contributed by atoms with Gasteiger partial charge in [-0.25, -0.2) is 13.4 Å². The first-order chi connectivity index (χ1) is 12.4. The Morgan fingerprint density at radius 2 is 1.85 bits per heavy atom. The molecule has 0 spiro atoms. The molecule has 0 unspecified atom stereocenters. The lowest BCUT2D eigenvalue weighted by Gasteiger charge is -2.28. The van der Waals surface area contributed by atoms with Crippen LogP contribution in [0.25, 0.3) is 10.2 Å². The number of aromatic nitrogens is 1. The minimum absolute atomic E-state index is 0.310. The van der Waals surface area contributed by atoms with Gasteiger partial charge >= 0.3 is 0 Å². The predicted octanol–water partition coefficient (Wildman–Crippen LogP) is 3.86. The van der Waals surface area contributed by atoms with Gasteiger partial charge in [-0.05, 0) is 60.7 Å². The van der Waals surface area contributed by atoms with Gasteiger partial charge in [0.25, 0.3) is 0 Å². The Labute approximate surface area is 158 Å². The van der Waals surface area contributed by atoms with E-state index in [9.17, 15) is 8.42 Å². The van der Waals surface area contributed by atoms with Gasteiger partial charge in [0.2, 0.25) is 0 Å². The zero-order chi connectivity index (χ0) is 18.3. The Morgan fingerprint density at radius 3 is 2.62 bits per heavy atom. The van der Waals surface area contributed by atoms with Crippen LogP contribution in [0.4, 0.5) is 0 Å². The minimum atomic E-state index is -3.16. The second-order valence-electron chi connectivity index (χ2n) is 6.99. The maximum atomic E-state index is 11.8. The van der Waals surface area contributed by atoms with Gasteiger partial charge < -0.3 is 0 Å². The van der Waals surface area contributed by atoms with Gasteiger partial charge in [-0.1, -0.05) is 12.1 Å². The first kappa shape index (κ1) is 17.6. The van der Waals surface area contributed by atoms with Crippen LogP contribution < -0.4 is 0 Å². The van der Waals surface area contributed by atoms with E-state index in [2.05, 4.69) is 35.0 Å². The summed E-state index contributed by atoms with van der Waals surface area (Å²) in [6, 6.07) is 12.4. The molecule has 26 heavy (non-hydrogen) atoms. The number of rotatable bonds is 3. The average molecular weight is 387 g/mol. The van der Waals surface area contributed by atoms with E-state index in [1.54, 1.807) is 17.4 Å². The summed E-state index contributed by atoms with van der Waals surface area (Å²) < 4.78 is 24.9. The topological polar surface area (TPSA) is 50.3 Å². The van der Waals surface area contributed by atoms with Crippen molar-refractivity contribution in [3.63, 3.8) is 0 Å². The molecule has 0 saturated carbocycles. The molecule has 4 rings (SSSR count). The van der Waals surface area contributed by atoms with Crippen LogP contribution in [0.2, 0.25) is 0 Å². The molecule has 1 aromatic heterocycles. The van der Waals surface area contributed by atoms with Crippen LogP contribution in [-0.2, 0) is 22.7 Å². The normalized spacial score (nSPS) is 17.0. The van der Waals surface area contributed by atoms with Gasteiger partial charge in [-0.2, -0.15) is 0 Å². The summed E-state index contributed by atoms with van der Waals surface area (Å²) in [6.45, 7) is 4.14. The highest BCUT2D eigenvalue weighted by atomic mass is 32.2. The summed E-state index contributed by atoms with van der Waals surface area (Å²) in [5.41, 5.74) is 6.67. The second kappa shape index (κ2) is 6.76. The number of hydrogen-bond donors (Lipinski definition) is 0. The van der Waals surface area contributed by atoms with Crippen molar-refractivity contribution < 1.29 is 8.42 Å². The van der Waals surface area contributed by atoms with Crippen molar-refractivity contribution in [2.24, 2.45) is 0 Å². The highest BCUT2D eigenvalue weighted by molar-refractivity contribution is 7.90. The molecule has 6 heteroatoms. The molecule has 2 aromatic carbocycles. The molecular weight excluding hydrogens is 364 g/mol. The molecule has 4 nitrogen and oxygen atoms in total. The predicted molar refractivity (Wildman–Crippen MR) is 107 cm³/mol.